The molecule has 0 atom stereocenters. The minimum Gasteiger partial charge on any atom is -0.352 e. The predicted octanol–water partition coefficient (Wildman–Crippen LogP) is 3.42. The third-order valence-electron chi connectivity index (χ3n) is 3.48. The van der Waals surface area contributed by atoms with E-state index in [4.69, 9.17) is 0 Å². The summed E-state index contributed by atoms with van der Waals surface area (Å²) < 4.78 is 2.01. The second-order valence-electron chi connectivity index (χ2n) is 5.01. The summed E-state index contributed by atoms with van der Waals surface area (Å²) in [6, 6.07) is 10.4. The number of aliphatic imine (C=N–C) groups is 1. The number of imidazole rings is 1. The van der Waals surface area contributed by atoms with E-state index in [0.717, 1.165) is 18.2 Å². The first-order valence-electron chi connectivity index (χ1n) is 7.38. The van der Waals surface area contributed by atoms with Crippen LogP contribution in [0.3, 0.4) is 0 Å². The monoisotopic (exact) mass is 453 g/mol. The van der Waals surface area contributed by atoms with Crippen LogP contribution in [0.4, 0.5) is 0 Å². The summed E-state index contributed by atoms with van der Waals surface area (Å²) in [5.74, 6) is 0.789. The molecule has 0 fully saturated rings. The van der Waals surface area contributed by atoms with Crippen molar-refractivity contribution in [1.29, 1.82) is 0 Å². The van der Waals surface area contributed by atoms with Crippen LogP contribution in [0, 0.1) is 0 Å². The summed E-state index contributed by atoms with van der Waals surface area (Å²) >= 11 is 1.70. The van der Waals surface area contributed by atoms with E-state index >= 15 is 0 Å². The molecule has 7 heteroatoms. The molecule has 0 aliphatic heterocycles. The highest BCUT2D eigenvalue weighted by atomic mass is 127. The minimum absolute atomic E-state index is 0. The van der Waals surface area contributed by atoms with Gasteiger partial charge < -0.3 is 15.2 Å². The lowest BCUT2D eigenvalue weighted by atomic mass is 10.1. The quantitative estimate of drug-likeness (QED) is 0.354. The van der Waals surface area contributed by atoms with E-state index in [1.807, 2.05) is 29.2 Å². The van der Waals surface area contributed by atoms with Gasteiger partial charge in [0.1, 0.15) is 0 Å². The number of benzene rings is 1. The average Bonchev–Trinajstić information content (AvgIpc) is 3.29. The highest BCUT2D eigenvalue weighted by Gasteiger charge is 2.05. The van der Waals surface area contributed by atoms with E-state index in [9.17, 15) is 0 Å². The van der Waals surface area contributed by atoms with Crippen molar-refractivity contribution < 1.29 is 0 Å². The van der Waals surface area contributed by atoms with E-state index in [0.29, 0.717) is 6.54 Å². The molecule has 5 nitrogen and oxygen atoms in total. The van der Waals surface area contributed by atoms with Gasteiger partial charge in [-0.3, -0.25) is 4.99 Å². The lowest BCUT2D eigenvalue weighted by molar-refractivity contribution is 0.805. The molecule has 2 aromatic heterocycles. The second kappa shape index (κ2) is 9.43. The topological polar surface area (TPSA) is 54.2 Å². The molecule has 3 aromatic rings. The maximum atomic E-state index is 4.27. The summed E-state index contributed by atoms with van der Waals surface area (Å²) in [5, 5.41) is 10.9. The first kappa shape index (κ1) is 18.5. The van der Waals surface area contributed by atoms with Gasteiger partial charge in [0.2, 0.25) is 0 Å². The van der Waals surface area contributed by atoms with E-state index in [1.165, 1.54) is 11.1 Å². The fraction of sp³-hybridized carbons (Fsp3) is 0.176. The number of guanidine groups is 1. The zero-order valence-electron chi connectivity index (χ0n) is 13.3. The third kappa shape index (κ3) is 4.81. The molecule has 0 aliphatic rings. The van der Waals surface area contributed by atoms with Crippen LogP contribution in [0.1, 0.15) is 11.1 Å². The average molecular weight is 453 g/mol. The largest absolute Gasteiger partial charge is 0.352 e. The Morgan fingerprint density at radius 1 is 1.21 bits per heavy atom. The van der Waals surface area contributed by atoms with E-state index in [1.54, 1.807) is 24.6 Å². The molecule has 2 heterocycles. The van der Waals surface area contributed by atoms with Gasteiger partial charge in [0.05, 0.1) is 12.0 Å². The van der Waals surface area contributed by atoms with Crippen LogP contribution in [-0.4, -0.2) is 22.6 Å². The number of nitrogens with zero attached hydrogens (tertiary/aromatic N) is 3. The Balaban J connectivity index is 0.00000208. The normalized spacial score (nSPS) is 11.0. The van der Waals surface area contributed by atoms with Gasteiger partial charge in [0.25, 0.3) is 0 Å². The molecule has 0 spiro atoms. The van der Waals surface area contributed by atoms with Crippen LogP contribution < -0.4 is 10.6 Å². The van der Waals surface area contributed by atoms with Crippen LogP contribution in [-0.2, 0) is 13.1 Å². The highest BCUT2D eigenvalue weighted by molar-refractivity contribution is 14.0. The van der Waals surface area contributed by atoms with Crippen LogP contribution in [0.5, 0.6) is 0 Å². The van der Waals surface area contributed by atoms with Crippen molar-refractivity contribution in [2.45, 2.75) is 13.1 Å². The lowest BCUT2D eigenvalue weighted by Crippen LogP contribution is -2.36. The van der Waals surface area contributed by atoms with Crippen molar-refractivity contribution in [3.63, 3.8) is 0 Å². The van der Waals surface area contributed by atoms with Gasteiger partial charge in [0.15, 0.2) is 5.96 Å². The Bertz CT molecular complexity index is 753. The third-order valence-corrected chi connectivity index (χ3v) is 4.22. The molecule has 0 aliphatic carbocycles. The van der Waals surface area contributed by atoms with Crippen LogP contribution in [0.2, 0.25) is 0 Å². The van der Waals surface area contributed by atoms with Crippen molar-refractivity contribution in [2.24, 2.45) is 4.99 Å². The summed E-state index contributed by atoms with van der Waals surface area (Å²) in [7, 11) is 1.78. The summed E-state index contributed by atoms with van der Waals surface area (Å²) in [4.78, 5) is 8.39. The van der Waals surface area contributed by atoms with Crippen LogP contribution >= 0.6 is 35.3 Å². The van der Waals surface area contributed by atoms with Gasteiger partial charge in [0, 0.05) is 32.5 Å². The van der Waals surface area contributed by atoms with Crippen molar-refractivity contribution >= 4 is 41.3 Å². The fourth-order valence-corrected chi connectivity index (χ4v) is 2.96. The van der Waals surface area contributed by atoms with E-state index < -0.39 is 0 Å². The van der Waals surface area contributed by atoms with Crippen molar-refractivity contribution in [3.8, 4) is 5.69 Å². The Labute approximate surface area is 162 Å². The standard InChI is InChI=1S/C17H19N5S.HI/c1-18-17(20-10-14-6-9-23-12-14)21-11-15-4-2-3-5-16(15)22-8-7-19-13-22;/h2-9,12-13H,10-11H2,1H3,(H2,18,20,21);1H. The van der Waals surface area contributed by atoms with E-state index in [2.05, 4.69) is 49.6 Å². The number of hydrogen-bond acceptors (Lipinski definition) is 3. The molecule has 0 unspecified atom stereocenters. The predicted molar refractivity (Wildman–Crippen MR) is 110 cm³/mol. The molecule has 0 bridgehead atoms. The zero-order chi connectivity index (χ0) is 15.9. The molecular formula is C17H20IN5S. The van der Waals surface area contributed by atoms with Gasteiger partial charge >= 0.3 is 0 Å². The fourth-order valence-electron chi connectivity index (χ4n) is 2.29. The summed E-state index contributed by atoms with van der Waals surface area (Å²) in [6.45, 7) is 1.46. The first-order chi connectivity index (χ1) is 11.4. The molecule has 24 heavy (non-hydrogen) atoms. The number of rotatable bonds is 5. The number of thiophene rings is 1. The molecule has 1 aromatic carbocycles. The van der Waals surface area contributed by atoms with Crippen LogP contribution in [0.25, 0.3) is 5.69 Å². The van der Waals surface area contributed by atoms with Gasteiger partial charge in [-0.1, -0.05) is 18.2 Å². The Morgan fingerprint density at radius 2 is 2.04 bits per heavy atom. The number of aromatic nitrogens is 2. The molecule has 2 N–H and O–H groups in total. The molecule has 0 amide bonds. The maximum absolute atomic E-state index is 4.27. The van der Waals surface area contributed by atoms with Gasteiger partial charge in [-0.05, 0) is 34.0 Å². The smallest absolute Gasteiger partial charge is 0.191 e. The summed E-state index contributed by atoms with van der Waals surface area (Å²) in [6.07, 6.45) is 5.54. The zero-order valence-corrected chi connectivity index (χ0v) is 16.5. The first-order valence-corrected chi connectivity index (χ1v) is 8.33. The minimum atomic E-state index is 0. The molecule has 0 radical (unpaired) electrons. The van der Waals surface area contributed by atoms with Gasteiger partial charge in [-0.25, -0.2) is 4.98 Å². The SMILES string of the molecule is CN=C(NCc1ccsc1)NCc1ccccc1-n1ccnc1.I. The number of nitrogens with one attached hydrogen (secondary N) is 2. The molecule has 126 valence electrons. The maximum Gasteiger partial charge on any atom is 0.191 e. The Hall–Kier alpha value is -1.87. The molecule has 0 saturated carbocycles. The number of hydrogen-bond donors (Lipinski definition) is 2. The Morgan fingerprint density at radius 3 is 2.75 bits per heavy atom. The van der Waals surface area contributed by atoms with Crippen molar-refractivity contribution in [2.75, 3.05) is 7.05 Å². The van der Waals surface area contributed by atoms with Crippen molar-refractivity contribution in [1.82, 2.24) is 20.2 Å². The second-order valence-corrected chi connectivity index (χ2v) is 5.79. The molecule has 3 rings (SSSR count). The molecule has 0 saturated heterocycles. The van der Waals surface area contributed by atoms with Crippen LogP contribution in [0.15, 0.2) is 64.8 Å². The molecular weight excluding hydrogens is 433 g/mol. The van der Waals surface area contributed by atoms with E-state index in [-0.39, 0.29) is 24.0 Å². The van der Waals surface area contributed by atoms with Crippen molar-refractivity contribution in [3.05, 3.63) is 70.9 Å². The van der Waals surface area contributed by atoms with Gasteiger partial charge in [-0.15, -0.1) is 24.0 Å². The lowest BCUT2D eigenvalue weighted by Gasteiger charge is -2.14. The Kier molecular flexibility index (Phi) is 7.26. The number of halogens is 1. The summed E-state index contributed by atoms with van der Waals surface area (Å²) in [5.41, 5.74) is 3.56. The number of para-hydroxylation sites is 1. The van der Waals surface area contributed by atoms with Gasteiger partial charge in [-0.2, -0.15) is 11.3 Å². The highest BCUT2D eigenvalue weighted by Crippen LogP contribution is 2.13.